The summed E-state index contributed by atoms with van der Waals surface area (Å²) in [5, 5.41) is 13.8. The molecular weight excluding hydrogens is 294 g/mol. The number of hydrogen-bond acceptors (Lipinski definition) is 5. The molecule has 22 heavy (non-hydrogen) atoms. The van der Waals surface area contributed by atoms with E-state index in [9.17, 15) is 18.9 Å². The maximum absolute atomic E-state index is 12.3. The number of halogens is 2. The van der Waals surface area contributed by atoms with Crippen LogP contribution in [-0.2, 0) is 6.54 Å². The Hall–Kier alpha value is -1.80. The summed E-state index contributed by atoms with van der Waals surface area (Å²) >= 11 is 0. The van der Waals surface area contributed by atoms with Gasteiger partial charge in [0, 0.05) is 45.8 Å². The largest absolute Gasteiger partial charge is 0.383 e. The van der Waals surface area contributed by atoms with Crippen LogP contribution in [0.3, 0.4) is 0 Å². The number of anilines is 1. The van der Waals surface area contributed by atoms with Crippen LogP contribution in [0.2, 0.25) is 0 Å². The molecular formula is C14H20F2N4O2. The average Bonchev–Trinajstić information content (AvgIpc) is 2.48. The number of benzene rings is 1. The Morgan fingerprint density at radius 2 is 1.91 bits per heavy atom. The highest BCUT2D eigenvalue weighted by Crippen LogP contribution is 2.25. The lowest BCUT2D eigenvalue weighted by molar-refractivity contribution is -0.384. The molecule has 6 nitrogen and oxygen atoms in total. The van der Waals surface area contributed by atoms with E-state index in [1.165, 1.54) is 0 Å². The fraction of sp³-hybridized carbons (Fsp3) is 0.571. The van der Waals surface area contributed by atoms with E-state index in [0.717, 1.165) is 5.56 Å². The van der Waals surface area contributed by atoms with Gasteiger partial charge in [-0.1, -0.05) is 6.07 Å². The van der Waals surface area contributed by atoms with Crippen LogP contribution in [-0.4, -0.2) is 60.9 Å². The van der Waals surface area contributed by atoms with Gasteiger partial charge in [-0.15, -0.1) is 0 Å². The van der Waals surface area contributed by atoms with Gasteiger partial charge in [0.15, 0.2) is 0 Å². The lowest BCUT2D eigenvalue weighted by Crippen LogP contribution is -2.47. The predicted octanol–water partition coefficient (Wildman–Crippen LogP) is 2.02. The minimum Gasteiger partial charge on any atom is -0.383 e. The minimum absolute atomic E-state index is 0.0522. The van der Waals surface area contributed by atoms with Crippen molar-refractivity contribution in [2.45, 2.75) is 13.0 Å². The van der Waals surface area contributed by atoms with E-state index in [0.29, 0.717) is 38.4 Å². The number of nitro benzene ring substituents is 1. The van der Waals surface area contributed by atoms with Gasteiger partial charge >= 0.3 is 0 Å². The molecule has 1 N–H and O–H groups in total. The highest BCUT2D eigenvalue weighted by atomic mass is 19.3. The van der Waals surface area contributed by atoms with Crippen molar-refractivity contribution in [3.8, 4) is 0 Å². The summed E-state index contributed by atoms with van der Waals surface area (Å²) < 4.78 is 24.7. The summed E-state index contributed by atoms with van der Waals surface area (Å²) in [5.74, 6) is 0. The zero-order valence-corrected chi connectivity index (χ0v) is 12.5. The van der Waals surface area contributed by atoms with Gasteiger partial charge in [0.25, 0.3) is 12.1 Å². The molecule has 0 amide bonds. The molecule has 0 aromatic heterocycles. The Morgan fingerprint density at radius 3 is 2.45 bits per heavy atom. The first-order valence-corrected chi connectivity index (χ1v) is 7.17. The number of hydrogen-bond donors (Lipinski definition) is 1. The van der Waals surface area contributed by atoms with Gasteiger partial charge in [-0.3, -0.25) is 19.9 Å². The van der Waals surface area contributed by atoms with Gasteiger partial charge in [0.05, 0.1) is 11.5 Å². The second-order valence-corrected chi connectivity index (χ2v) is 5.33. The summed E-state index contributed by atoms with van der Waals surface area (Å²) in [5.41, 5.74) is 1.39. The third-order valence-corrected chi connectivity index (χ3v) is 3.80. The SMILES string of the molecule is CNc1ccc(CN2CCN(CC(F)F)CC2)cc1[N+](=O)[O-]. The van der Waals surface area contributed by atoms with E-state index in [1.54, 1.807) is 24.1 Å². The van der Waals surface area contributed by atoms with Crippen LogP contribution in [0.25, 0.3) is 0 Å². The smallest absolute Gasteiger partial charge is 0.292 e. The third-order valence-electron chi connectivity index (χ3n) is 3.80. The first-order valence-electron chi connectivity index (χ1n) is 7.17. The van der Waals surface area contributed by atoms with Gasteiger partial charge in [0.1, 0.15) is 5.69 Å². The third kappa shape index (κ3) is 4.35. The van der Waals surface area contributed by atoms with Crippen LogP contribution < -0.4 is 5.32 Å². The quantitative estimate of drug-likeness (QED) is 0.643. The van der Waals surface area contributed by atoms with Crippen molar-refractivity contribution in [3.05, 3.63) is 33.9 Å². The van der Waals surface area contributed by atoms with Crippen molar-refractivity contribution in [2.75, 3.05) is 45.1 Å². The van der Waals surface area contributed by atoms with Gasteiger partial charge in [0.2, 0.25) is 0 Å². The van der Waals surface area contributed by atoms with E-state index < -0.39 is 11.3 Å². The molecule has 1 fully saturated rings. The van der Waals surface area contributed by atoms with Gasteiger partial charge in [-0.2, -0.15) is 0 Å². The van der Waals surface area contributed by atoms with E-state index in [-0.39, 0.29) is 12.2 Å². The van der Waals surface area contributed by atoms with E-state index in [2.05, 4.69) is 10.2 Å². The molecule has 1 aliphatic rings. The molecule has 1 aromatic carbocycles. The summed E-state index contributed by atoms with van der Waals surface area (Å²) in [6.45, 7) is 2.98. The number of nitro groups is 1. The second-order valence-electron chi connectivity index (χ2n) is 5.33. The lowest BCUT2D eigenvalue weighted by Gasteiger charge is -2.34. The lowest BCUT2D eigenvalue weighted by atomic mass is 10.1. The molecule has 0 atom stereocenters. The Bertz CT molecular complexity index is 520. The maximum Gasteiger partial charge on any atom is 0.292 e. The predicted molar refractivity (Wildman–Crippen MR) is 80.4 cm³/mol. The maximum atomic E-state index is 12.3. The van der Waals surface area contributed by atoms with Gasteiger partial charge in [-0.05, 0) is 11.6 Å². The topological polar surface area (TPSA) is 61.6 Å². The Balaban J connectivity index is 1.95. The molecule has 0 bridgehead atoms. The molecule has 122 valence electrons. The zero-order valence-electron chi connectivity index (χ0n) is 12.5. The van der Waals surface area contributed by atoms with Crippen molar-refractivity contribution in [1.29, 1.82) is 0 Å². The summed E-state index contributed by atoms with van der Waals surface area (Å²) in [6.07, 6.45) is -2.30. The molecule has 1 heterocycles. The molecule has 8 heteroatoms. The number of alkyl halides is 2. The minimum atomic E-state index is -2.30. The van der Waals surface area contributed by atoms with Gasteiger partial charge < -0.3 is 5.32 Å². The number of nitrogens with one attached hydrogen (secondary N) is 1. The van der Waals surface area contributed by atoms with E-state index in [1.807, 2.05) is 6.07 Å². The number of piperazine rings is 1. The highest BCUT2D eigenvalue weighted by molar-refractivity contribution is 5.62. The number of nitrogens with zero attached hydrogens (tertiary/aromatic N) is 3. The Kier molecular flexibility index (Phi) is 5.62. The molecule has 1 saturated heterocycles. The normalized spacial score (nSPS) is 16.9. The Labute approximate surface area is 127 Å². The van der Waals surface area contributed by atoms with Crippen molar-refractivity contribution < 1.29 is 13.7 Å². The summed E-state index contributed by atoms with van der Waals surface area (Å²) in [7, 11) is 1.64. The van der Waals surface area contributed by atoms with Crippen molar-refractivity contribution in [1.82, 2.24) is 9.80 Å². The standard InChI is InChI=1S/C14H20F2N4O2/c1-17-12-3-2-11(8-13(12)20(21)22)9-18-4-6-19(7-5-18)10-14(15)16/h2-3,8,14,17H,4-7,9-10H2,1H3. The molecule has 0 radical (unpaired) electrons. The molecule has 1 aromatic rings. The number of rotatable bonds is 6. The first-order chi connectivity index (χ1) is 10.5. The summed E-state index contributed by atoms with van der Waals surface area (Å²) in [6, 6.07) is 5.11. The van der Waals surface area contributed by atoms with E-state index in [4.69, 9.17) is 0 Å². The fourth-order valence-electron chi connectivity index (χ4n) is 2.62. The van der Waals surface area contributed by atoms with Crippen molar-refractivity contribution >= 4 is 11.4 Å². The highest BCUT2D eigenvalue weighted by Gasteiger charge is 2.20. The van der Waals surface area contributed by atoms with Crippen LogP contribution in [0.5, 0.6) is 0 Å². The van der Waals surface area contributed by atoms with E-state index >= 15 is 0 Å². The van der Waals surface area contributed by atoms with Crippen LogP contribution >= 0.6 is 0 Å². The van der Waals surface area contributed by atoms with Crippen molar-refractivity contribution in [2.24, 2.45) is 0 Å². The van der Waals surface area contributed by atoms with Crippen LogP contribution in [0.15, 0.2) is 18.2 Å². The monoisotopic (exact) mass is 314 g/mol. The molecule has 2 rings (SSSR count). The molecule has 1 aliphatic heterocycles. The van der Waals surface area contributed by atoms with Crippen molar-refractivity contribution in [3.63, 3.8) is 0 Å². The van der Waals surface area contributed by atoms with Crippen LogP contribution in [0.1, 0.15) is 5.56 Å². The Morgan fingerprint density at radius 1 is 1.27 bits per heavy atom. The summed E-state index contributed by atoms with van der Waals surface area (Å²) in [4.78, 5) is 14.5. The van der Waals surface area contributed by atoms with Crippen LogP contribution in [0.4, 0.5) is 20.2 Å². The average molecular weight is 314 g/mol. The molecule has 0 unspecified atom stereocenters. The molecule has 0 spiro atoms. The zero-order chi connectivity index (χ0) is 16.1. The fourth-order valence-corrected chi connectivity index (χ4v) is 2.62. The molecule has 0 saturated carbocycles. The second kappa shape index (κ2) is 7.46. The van der Waals surface area contributed by atoms with Crippen LogP contribution in [0, 0.1) is 10.1 Å². The van der Waals surface area contributed by atoms with Gasteiger partial charge in [-0.25, -0.2) is 8.78 Å². The first kappa shape index (κ1) is 16.6. The molecule has 0 aliphatic carbocycles.